The third-order valence-electron chi connectivity index (χ3n) is 3.11. The summed E-state index contributed by atoms with van der Waals surface area (Å²) in [5.74, 6) is -0.445. The molecule has 2 aromatic carbocycles. The predicted molar refractivity (Wildman–Crippen MR) is 77.0 cm³/mol. The first-order chi connectivity index (χ1) is 9.72. The summed E-state index contributed by atoms with van der Waals surface area (Å²) < 4.78 is 15.0. The molecule has 1 amide bonds. The summed E-state index contributed by atoms with van der Waals surface area (Å²) >= 11 is 0. The summed E-state index contributed by atoms with van der Waals surface area (Å²) in [6.45, 7) is 0.155. The van der Waals surface area contributed by atoms with Crippen molar-refractivity contribution in [2.75, 3.05) is 5.32 Å². The molecule has 3 aromatic rings. The second-order valence-corrected chi connectivity index (χ2v) is 4.56. The molecule has 4 heteroatoms. The molecule has 1 N–H and O–H groups in total. The minimum atomic E-state index is -0.305. The number of fused-ring (bicyclic) bond motifs is 1. The molecule has 3 nitrogen and oxygen atoms in total. The molecule has 20 heavy (non-hydrogen) atoms. The molecular weight excluding hydrogens is 255 g/mol. The summed E-state index contributed by atoms with van der Waals surface area (Å²) in [5, 5.41) is 3.72. The van der Waals surface area contributed by atoms with Gasteiger partial charge >= 0.3 is 0 Å². The van der Waals surface area contributed by atoms with Crippen molar-refractivity contribution >= 4 is 22.5 Å². The van der Waals surface area contributed by atoms with Gasteiger partial charge in [-0.05, 0) is 41.8 Å². The van der Waals surface area contributed by atoms with Crippen molar-refractivity contribution in [3.05, 3.63) is 66.6 Å². The van der Waals surface area contributed by atoms with E-state index in [1.165, 1.54) is 12.1 Å². The van der Waals surface area contributed by atoms with E-state index < -0.39 is 0 Å². The predicted octanol–water partition coefficient (Wildman–Crippen LogP) is 3.42. The molecule has 0 aliphatic rings. The maximum Gasteiger partial charge on any atom is 0.244 e. The Balaban J connectivity index is 1.79. The molecule has 3 rings (SSSR count). The average Bonchev–Trinajstić information content (AvgIpc) is 2.82. The number of nitrogens with zero attached hydrogens (tertiary/aromatic N) is 1. The fourth-order valence-corrected chi connectivity index (χ4v) is 2.17. The minimum absolute atomic E-state index is 0.141. The number of para-hydroxylation sites is 1. The molecule has 100 valence electrons. The van der Waals surface area contributed by atoms with Crippen molar-refractivity contribution in [3.8, 4) is 0 Å². The molecule has 0 fully saturated rings. The lowest BCUT2D eigenvalue weighted by Crippen LogP contribution is -2.18. The molecule has 0 bridgehead atoms. The van der Waals surface area contributed by atoms with Crippen LogP contribution < -0.4 is 5.32 Å². The molecule has 0 radical (unpaired) electrons. The highest BCUT2D eigenvalue weighted by Gasteiger charge is 2.07. The van der Waals surface area contributed by atoms with Gasteiger partial charge in [-0.15, -0.1) is 0 Å². The van der Waals surface area contributed by atoms with Gasteiger partial charge in [-0.2, -0.15) is 0 Å². The van der Waals surface area contributed by atoms with Crippen LogP contribution in [0.15, 0.2) is 60.8 Å². The van der Waals surface area contributed by atoms with Crippen LogP contribution in [-0.4, -0.2) is 10.5 Å². The van der Waals surface area contributed by atoms with E-state index in [1.807, 2.05) is 36.4 Å². The molecule has 0 atom stereocenters. The normalized spacial score (nSPS) is 10.7. The van der Waals surface area contributed by atoms with Crippen molar-refractivity contribution in [2.45, 2.75) is 6.54 Å². The van der Waals surface area contributed by atoms with E-state index in [-0.39, 0.29) is 18.3 Å². The quantitative estimate of drug-likeness (QED) is 0.776. The summed E-state index contributed by atoms with van der Waals surface area (Å²) in [5.41, 5.74) is 1.47. The van der Waals surface area contributed by atoms with Crippen LogP contribution in [0, 0.1) is 5.82 Å². The van der Waals surface area contributed by atoms with Crippen LogP contribution in [0.25, 0.3) is 10.9 Å². The van der Waals surface area contributed by atoms with E-state index in [0.717, 1.165) is 11.1 Å². The topological polar surface area (TPSA) is 34.0 Å². The van der Waals surface area contributed by atoms with Gasteiger partial charge in [0.25, 0.3) is 0 Å². The Morgan fingerprint density at radius 2 is 1.90 bits per heavy atom. The van der Waals surface area contributed by atoms with Crippen LogP contribution in [0.2, 0.25) is 0 Å². The third kappa shape index (κ3) is 2.54. The van der Waals surface area contributed by atoms with Gasteiger partial charge in [0.05, 0.1) is 5.52 Å². The first kappa shape index (κ1) is 12.4. The molecule has 0 aliphatic heterocycles. The Kier molecular flexibility index (Phi) is 3.21. The average molecular weight is 268 g/mol. The lowest BCUT2D eigenvalue weighted by Gasteiger charge is -2.07. The summed E-state index contributed by atoms with van der Waals surface area (Å²) in [6, 6.07) is 15.7. The first-order valence-electron chi connectivity index (χ1n) is 6.32. The maximum absolute atomic E-state index is 13.3. The van der Waals surface area contributed by atoms with Gasteiger partial charge in [0, 0.05) is 11.9 Å². The van der Waals surface area contributed by atoms with Gasteiger partial charge in [-0.25, -0.2) is 4.39 Å². The number of carbonyl (C=O) groups is 1. The second kappa shape index (κ2) is 5.17. The lowest BCUT2D eigenvalue weighted by molar-refractivity contribution is -0.116. The zero-order valence-corrected chi connectivity index (χ0v) is 10.7. The van der Waals surface area contributed by atoms with Crippen molar-refractivity contribution in [1.82, 2.24) is 4.57 Å². The number of hydrogen-bond acceptors (Lipinski definition) is 1. The van der Waals surface area contributed by atoms with Crippen molar-refractivity contribution < 1.29 is 9.18 Å². The van der Waals surface area contributed by atoms with Crippen LogP contribution in [0.1, 0.15) is 0 Å². The Morgan fingerprint density at radius 3 is 2.70 bits per heavy atom. The number of aromatic nitrogens is 1. The Morgan fingerprint density at radius 1 is 1.10 bits per heavy atom. The number of anilines is 1. The van der Waals surface area contributed by atoms with E-state index in [1.54, 1.807) is 16.8 Å². The number of benzene rings is 2. The number of halogens is 1. The lowest BCUT2D eigenvalue weighted by atomic mass is 10.2. The van der Waals surface area contributed by atoms with Crippen LogP contribution >= 0.6 is 0 Å². The molecule has 0 aliphatic carbocycles. The fourth-order valence-electron chi connectivity index (χ4n) is 2.17. The highest BCUT2D eigenvalue weighted by Crippen LogP contribution is 2.17. The monoisotopic (exact) mass is 268 g/mol. The molecule has 0 unspecified atom stereocenters. The number of hydrogen-bond donors (Lipinski definition) is 1. The van der Waals surface area contributed by atoms with Crippen molar-refractivity contribution in [1.29, 1.82) is 0 Å². The van der Waals surface area contributed by atoms with Crippen molar-refractivity contribution in [3.63, 3.8) is 0 Å². The Bertz CT molecular complexity index is 750. The molecule has 0 spiro atoms. The van der Waals surface area contributed by atoms with E-state index in [2.05, 4.69) is 5.32 Å². The van der Waals surface area contributed by atoms with Gasteiger partial charge in [-0.1, -0.05) is 18.2 Å². The van der Waals surface area contributed by atoms with Gasteiger partial charge in [0.1, 0.15) is 12.4 Å². The molecule has 0 saturated carbocycles. The number of carbonyl (C=O) groups excluding carboxylic acids is 1. The van der Waals surface area contributed by atoms with Crippen LogP contribution in [0.3, 0.4) is 0 Å². The zero-order valence-electron chi connectivity index (χ0n) is 10.7. The van der Waals surface area contributed by atoms with E-state index in [4.69, 9.17) is 0 Å². The largest absolute Gasteiger partial charge is 0.338 e. The number of rotatable bonds is 3. The van der Waals surface area contributed by atoms with Crippen LogP contribution in [0.4, 0.5) is 10.1 Å². The highest BCUT2D eigenvalue weighted by atomic mass is 19.1. The molecule has 1 heterocycles. The smallest absolute Gasteiger partial charge is 0.244 e. The Hall–Kier alpha value is -2.62. The summed E-state index contributed by atoms with van der Waals surface area (Å²) in [7, 11) is 0. The Labute approximate surface area is 115 Å². The fraction of sp³-hybridized carbons (Fsp3) is 0.0625. The first-order valence-corrected chi connectivity index (χ1v) is 6.32. The standard InChI is InChI=1S/C16H13FN2O/c17-13-7-6-12-8-9-19(15(12)10-13)11-16(20)18-14-4-2-1-3-5-14/h1-10H,11H2,(H,18,20). The van der Waals surface area contributed by atoms with Crippen LogP contribution in [-0.2, 0) is 11.3 Å². The number of amides is 1. The van der Waals surface area contributed by atoms with E-state index in [9.17, 15) is 9.18 Å². The SMILES string of the molecule is O=C(Cn1ccc2ccc(F)cc21)Nc1ccccc1. The van der Waals surface area contributed by atoms with Gasteiger partial charge in [0.2, 0.25) is 5.91 Å². The zero-order chi connectivity index (χ0) is 13.9. The number of nitrogens with one attached hydrogen (secondary N) is 1. The van der Waals surface area contributed by atoms with Gasteiger partial charge in [0.15, 0.2) is 0 Å². The maximum atomic E-state index is 13.3. The molecule has 0 saturated heterocycles. The summed E-state index contributed by atoms with van der Waals surface area (Å²) in [6.07, 6.45) is 1.79. The molecule has 1 aromatic heterocycles. The van der Waals surface area contributed by atoms with Crippen LogP contribution in [0.5, 0.6) is 0 Å². The summed E-state index contributed by atoms with van der Waals surface area (Å²) in [4.78, 5) is 12.0. The molecular formula is C16H13FN2O. The van der Waals surface area contributed by atoms with Gasteiger partial charge < -0.3 is 9.88 Å². The van der Waals surface area contributed by atoms with E-state index in [0.29, 0.717) is 5.52 Å². The van der Waals surface area contributed by atoms with E-state index >= 15 is 0 Å². The highest BCUT2D eigenvalue weighted by molar-refractivity contribution is 5.92. The second-order valence-electron chi connectivity index (χ2n) is 4.56. The van der Waals surface area contributed by atoms with Gasteiger partial charge in [-0.3, -0.25) is 4.79 Å². The van der Waals surface area contributed by atoms with Crippen molar-refractivity contribution in [2.24, 2.45) is 0 Å². The minimum Gasteiger partial charge on any atom is -0.338 e. The third-order valence-corrected chi connectivity index (χ3v) is 3.11.